The van der Waals surface area contributed by atoms with Gasteiger partial charge in [0.2, 0.25) is 0 Å². The summed E-state index contributed by atoms with van der Waals surface area (Å²) in [6.45, 7) is 7.20. The smallest absolute Gasteiger partial charge is 0.120 e. The summed E-state index contributed by atoms with van der Waals surface area (Å²) in [5.74, 6) is 0.390. The maximum atomic E-state index is 9.68. The van der Waals surface area contributed by atoms with Crippen LogP contribution in [-0.4, -0.2) is 11.1 Å². The zero-order chi connectivity index (χ0) is 12.0. The minimum Gasteiger partial charge on any atom is -0.508 e. The van der Waals surface area contributed by atoms with E-state index in [9.17, 15) is 5.11 Å². The first-order chi connectivity index (χ1) is 7.63. The van der Waals surface area contributed by atoms with Crippen LogP contribution in [-0.2, 0) is 6.54 Å². The Morgan fingerprint density at radius 2 is 2.12 bits per heavy atom. The molecule has 0 saturated heterocycles. The molecule has 0 saturated carbocycles. The second kappa shape index (κ2) is 6.54. The van der Waals surface area contributed by atoms with Gasteiger partial charge in [0.1, 0.15) is 5.75 Å². The Hall–Kier alpha value is -1.02. The molecule has 0 bridgehead atoms. The molecule has 2 heteroatoms. The van der Waals surface area contributed by atoms with Crippen molar-refractivity contribution in [2.45, 2.75) is 52.6 Å². The van der Waals surface area contributed by atoms with Gasteiger partial charge in [0, 0.05) is 18.2 Å². The molecule has 0 aliphatic heterocycles. The highest BCUT2D eigenvalue weighted by molar-refractivity contribution is 5.35. The van der Waals surface area contributed by atoms with Gasteiger partial charge >= 0.3 is 0 Å². The largest absolute Gasteiger partial charge is 0.508 e. The van der Waals surface area contributed by atoms with Crippen LogP contribution in [0.5, 0.6) is 5.75 Å². The number of aromatic hydroxyl groups is 1. The van der Waals surface area contributed by atoms with Gasteiger partial charge in [-0.3, -0.25) is 0 Å². The summed E-state index contributed by atoms with van der Waals surface area (Å²) < 4.78 is 0. The second-order valence-electron chi connectivity index (χ2n) is 4.56. The molecule has 1 aromatic carbocycles. The van der Waals surface area contributed by atoms with Crippen LogP contribution in [0, 0.1) is 6.92 Å². The lowest BCUT2D eigenvalue weighted by atomic mass is 10.1. The molecule has 0 heterocycles. The first kappa shape index (κ1) is 13.0. The van der Waals surface area contributed by atoms with Crippen molar-refractivity contribution in [3.63, 3.8) is 0 Å². The molecule has 2 N–H and O–H groups in total. The number of phenolic OH excluding ortho intramolecular Hbond substituents is 1. The number of unbranched alkanes of at least 4 members (excludes halogenated alkanes) is 1. The summed E-state index contributed by atoms with van der Waals surface area (Å²) in [5.41, 5.74) is 2.18. The van der Waals surface area contributed by atoms with E-state index >= 15 is 0 Å². The Bertz CT molecular complexity index is 323. The first-order valence-corrected chi connectivity index (χ1v) is 6.15. The van der Waals surface area contributed by atoms with Gasteiger partial charge < -0.3 is 10.4 Å². The van der Waals surface area contributed by atoms with Crippen LogP contribution in [0.2, 0.25) is 0 Å². The van der Waals surface area contributed by atoms with Crippen molar-refractivity contribution < 1.29 is 5.11 Å². The summed E-state index contributed by atoms with van der Waals surface area (Å²) in [7, 11) is 0. The van der Waals surface area contributed by atoms with Crippen LogP contribution >= 0.6 is 0 Å². The molecule has 0 amide bonds. The van der Waals surface area contributed by atoms with E-state index in [4.69, 9.17) is 0 Å². The van der Waals surface area contributed by atoms with E-state index in [0.29, 0.717) is 11.8 Å². The Balaban J connectivity index is 2.44. The molecule has 0 aliphatic rings. The SMILES string of the molecule is CCCCC(C)NCc1cc(C)ccc1O. The van der Waals surface area contributed by atoms with Gasteiger partial charge in [-0.05, 0) is 26.3 Å². The topological polar surface area (TPSA) is 32.3 Å². The van der Waals surface area contributed by atoms with Gasteiger partial charge in [0.25, 0.3) is 0 Å². The fourth-order valence-corrected chi connectivity index (χ4v) is 1.75. The van der Waals surface area contributed by atoms with Crippen LogP contribution in [0.25, 0.3) is 0 Å². The average molecular weight is 221 g/mol. The van der Waals surface area contributed by atoms with E-state index in [1.54, 1.807) is 6.07 Å². The zero-order valence-corrected chi connectivity index (χ0v) is 10.6. The molecule has 90 valence electrons. The molecule has 1 rings (SSSR count). The third-order valence-corrected chi connectivity index (χ3v) is 2.87. The summed E-state index contributed by atoms with van der Waals surface area (Å²) >= 11 is 0. The van der Waals surface area contributed by atoms with Gasteiger partial charge in [-0.25, -0.2) is 0 Å². The van der Waals surface area contributed by atoms with Crippen LogP contribution in [0.3, 0.4) is 0 Å². The maximum absolute atomic E-state index is 9.68. The Morgan fingerprint density at radius 3 is 2.81 bits per heavy atom. The monoisotopic (exact) mass is 221 g/mol. The van der Waals surface area contributed by atoms with Crippen LogP contribution < -0.4 is 5.32 Å². The third-order valence-electron chi connectivity index (χ3n) is 2.87. The summed E-state index contributed by atoms with van der Waals surface area (Å²) in [4.78, 5) is 0. The Labute approximate surface area is 98.7 Å². The highest BCUT2D eigenvalue weighted by Crippen LogP contribution is 2.18. The molecule has 0 fully saturated rings. The van der Waals surface area contributed by atoms with Gasteiger partial charge in [-0.2, -0.15) is 0 Å². The van der Waals surface area contributed by atoms with Crippen molar-refractivity contribution in [1.82, 2.24) is 5.32 Å². The zero-order valence-electron chi connectivity index (χ0n) is 10.6. The Kier molecular flexibility index (Phi) is 5.33. The number of phenols is 1. The van der Waals surface area contributed by atoms with E-state index < -0.39 is 0 Å². The minimum absolute atomic E-state index is 0.390. The van der Waals surface area contributed by atoms with Gasteiger partial charge in [-0.1, -0.05) is 37.5 Å². The van der Waals surface area contributed by atoms with Crippen molar-refractivity contribution >= 4 is 0 Å². The quantitative estimate of drug-likeness (QED) is 0.772. The van der Waals surface area contributed by atoms with E-state index in [-0.39, 0.29) is 0 Å². The number of hydrogen-bond donors (Lipinski definition) is 2. The van der Waals surface area contributed by atoms with E-state index in [0.717, 1.165) is 12.1 Å². The minimum atomic E-state index is 0.390. The Morgan fingerprint density at radius 1 is 1.38 bits per heavy atom. The lowest BCUT2D eigenvalue weighted by Gasteiger charge is -2.14. The number of nitrogens with one attached hydrogen (secondary N) is 1. The van der Waals surface area contributed by atoms with E-state index in [1.165, 1.54) is 24.8 Å². The fourth-order valence-electron chi connectivity index (χ4n) is 1.75. The molecule has 0 aromatic heterocycles. The van der Waals surface area contributed by atoms with Gasteiger partial charge in [-0.15, -0.1) is 0 Å². The predicted molar refractivity (Wildman–Crippen MR) is 68.7 cm³/mol. The predicted octanol–water partition coefficient (Wildman–Crippen LogP) is 3.37. The molecular weight excluding hydrogens is 198 g/mol. The number of benzene rings is 1. The number of rotatable bonds is 6. The summed E-state index contributed by atoms with van der Waals surface area (Å²) in [5, 5.41) is 13.1. The standard InChI is InChI=1S/C14H23NO/c1-4-5-6-12(3)15-10-13-9-11(2)7-8-14(13)16/h7-9,12,15-16H,4-6,10H2,1-3H3. The molecular formula is C14H23NO. The van der Waals surface area contributed by atoms with Crippen LogP contribution in [0.1, 0.15) is 44.2 Å². The molecule has 0 spiro atoms. The van der Waals surface area contributed by atoms with Gasteiger partial charge in [0.15, 0.2) is 0 Å². The molecule has 2 nitrogen and oxygen atoms in total. The highest BCUT2D eigenvalue weighted by Gasteiger charge is 2.04. The molecule has 0 radical (unpaired) electrons. The van der Waals surface area contributed by atoms with Crippen molar-refractivity contribution in [1.29, 1.82) is 0 Å². The molecule has 1 unspecified atom stereocenters. The fraction of sp³-hybridized carbons (Fsp3) is 0.571. The van der Waals surface area contributed by atoms with E-state index in [1.807, 2.05) is 19.1 Å². The van der Waals surface area contributed by atoms with Crippen molar-refractivity contribution in [2.24, 2.45) is 0 Å². The summed E-state index contributed by atoms with van der Waals surface area (Å²) in [6, 6.07) is 6.25. The lowest BCUT2D eigenvalue weighted by Crippen LogP contribution is -2.25. The average Bonchev–Trinajstić information content (AvgIpc) is 2.27. The number of aryl methyl sites for hydroxylation is 1. The highest BCUT2D eigenvalue weighted by atomic mass is 16.3. The van der Waals surface area contributed by atoms with Crippen molar-refractivity contribution in [3.8, 4) is 5.75 Å². The van der Waals surface area contributed by atoms with Gasteiger partial charge in [0.05, 0.1) is 0 Å². The first-order valence-electron chi connectivity index (χ1n) is 6.15. The second-order valence-corrected chi connectivity index (χ2v) is 4.56. The summed E-state index contributed by atoms with van der Waals surface area (Å²) in [6.07, 6.45) is 3.69. The molecule has 16 heavy (non-hydrogen) atoms. The molecule has 0 aliphatic carbocycles. The molecule has 1 aromatic rings. The normalized spacial score (nSPS) is 12.7. The third kappa shape index (κ3) is 4.23. The maximum Gasteiger partial charge on any atom is 0.120 e. The van der Waals surface area contributed by atoms with E-state index in [2.05, 4.69) is 19.2 Å². The molecule has 1 atom stereocenters. The van der Waals surface area contributed by atoms with Crippen LogP contribution in [0.15, 0.2) is 18.2 Å². The van der Waals surface area contributed by atoms with Crippen molar-refractivity contribution in [2.75, 3.05) is 0 Å². The van der Waals surface area contributed by atoms with Crippen LogP contribution in [0.4, 0.5) is 0 Å². The number of hydrogen-bond acceptors (Lipinski definition) is 2. The van der Waals surface area contributed by atoms with Crippen molar-refractivity contribution in [3.05, 3.63) is 29.3 Å². The lowest BCUT2D eigenvalue weighted by molar-refractivity contribution is 0.451.